The lowest BCUT2D eigenvalue weighted by atomic mass is 9.46. The molecule has 12 rings (SSSR count). The van der Waals surface area contributed by atoms with Gasteiger partial charge in [-0.1, -0.05) is 116 Å². The lowest BCUT2D eigenvalue weighted by Gasteiger charge is -2.59. The van der Waals surface area contributed by atoms with Crippen molar-refractivity contribution in [2.75, 3.05) is 0 Å². The molecule has 5 atom stereocenters. The summed E-state index contributed by atoms with van der Waals surface area (Å²) in [6.45, 7) is 2.50. The van der Waals surface area contributed by atoms with Gasteiger partial charge in [0, 0.05) is 22.1 Å². The Kier molecular flexibility index (Phi) is 5.67. The smallest absolute Gasteiger partial charge is 0.167 e. The van der Waals surface area contributed by atoms with E-state index in [9.17, 15) is 0 Å². The van der Waals surface area contributed by atoms with E-state index in [1.54, 1.807) is 0 Å². The van der Waals surface area contributed by atoms with Crippen molar-refractivity contribution in [2.45, 2.75) is 49.9 Å². The first-order chi connectivity index (χ1) is 24.1. The number of aromatic nitrogens is 3. The molecule has 1 aliphatic heterocycles. The van der Waals surface area contributed by atoms with E-state index in [-0.39, 0.29) is 5.41 Å². The Balaban J connectivity index is 1.17. The van der Waals surface area contributed by atoms with Gasteiger partial charge in [0.25, 0.3) is 0 Å². The number of benzene rings is 5. The normalized spacial score (nSPS) is 26.1. The largest absolute Gasteiger partial charge is 0.456 e. The Labute approximate surface area is 287 Å². The van der Waals surface area contributed by atoms with Gasteiger partial charge in [-0.15, -0.1) is 0 Å². The number of ether oxygens (including phenoxy) is 1. The van der Waals surface area contributed by atoms with Gasteiger partial charge in [0.1, 0.15) is 17.3 Å². The number of hydrogen-bond acceptors (Lipinski definition) is 4. The van der Waals surface area contributed by atoms with E-state index >= 15 is 0 Å². The molecule has 4 nitrogen and oxygen atoms in total. The Morgan fingerprint density at radius 2 is 1.14 bits per heavy atom. The van der Waals surface area contributed by atoms with Crippen LogP contribution in [0.2, 0.25) is 0 Å². The molecule has 0 N–H and O–H groups in total. The van der Waals surface area contributed by atoms with Crippen LogP contribution in [0.5, 0.6) is 11.5 Å². The predicted molar refractivity (Wildman–Crippen MR) is 192 cm³/mol. The highest BCUT2D eigenvalue weighted by Gasteiger charge is 2.56. The van der Waals surface area contributed by atoms with E-state index < -0.39 is 5.41 Å². The standard InChI is InChI=1S/C45H37N3O/c1-27-30-22-28-23-31(27)26-44(24-28,25-30)43-47-41(29-12-3-2-4-13-29)46-42(48-43)34-16-11-20-38-40(34)49-39-21-10-9-19-37(39)45(38)35-17-7-5-14-32(35)33-15-6-8-18-36(33)45/h2-21,27-28,30-31H,22-26H2,1H3/t27-,28-,30+,31?,44?/m0/s1. The molecular formula is C45H37N3O. The first-order valence-corrected chi connectivity index (χ1v) is 18.0. The zero-order valence-electron chi connectivity index (χ0n) is 27.6. The van der Waals surface area contributed by atoms with Crippen LogP contribution in [-0.4, -0.2) is 15.0 Å². The zero-order chi connectivity index (χ0) is 32.3. The van der Waals surface area contributed by atoms with Gasteiger partial charge in [-0.2, -0.15) is 0 Å². The topological polar surface area (TPSA) is 47.9 Å². The van der Waals surface area contributed by atoms with Crippen molar-refractivity contribution in [3.63, 3.8) is 0 Å². The predicted octanol–water partition coefficient (Wildman–Crippen LogP) is 10.4. The second-order valence-corrected chi connectivity index (χ2v) is 15.4. The Bertz CT molecular complexity index is 2250. The van der Waals surface area contributed by atoms with Crippen LogP contribution in [0.1, 0.15) is 67.1 Å². The van der Waals surface area contributed by atoms with Crippen LogP contribution in [0.3, 0.4) is 0 Å². The summed E-state index contributed by atoms with van der Waals surface area (Å²) in [7, 11) is 0. The number of nitrogens with zero attached hydrogens (tertiary/aromatic N) is 3. The molecule has 5 aromatic carbocycles. The fraction of sp³-hybridized carbons (Fsp3) is 0.267. The molecule has 0 saturated heterocycles. The summed E-state index contributed by atoms with van der Waals surface area (Å²) in [5, 5.41) is 0. The van der Waals surface area contributed by atoms with Gasteiger partial charge < -0.3 is 4.74 Å². The third-order valence-corrected chi connectivity index (χ3v) is 13.0. The number of para-hydroxylation sites is 2. The van der Waals surface area contributed by atoms with E-state index in [0.29, 0.717) is 5.82 Å². The molecule has 1 spiro atoms. The van der Waals surface area contributed by atoms with Crippen molar-refractivity contribution in [1.29, 1.82) is 0 Å². The van der Waals surface area contributed by atoms with E-state index in [4.69, 9.17) is 19.7 Å². The molecule has 6 aliphatic rings. The Morgan fingerprint density at radius 1 is 0.551 bits per heavy atom. The average Bonchev–Trinajstić information content (AvgIpc) is 3.44. The van der Waals surface area contributed by atoms with Crippen LogP contribution in [0, 0.1) is 23.7 Å². The number of rotatable bonds is 3. The quantitative estimate of drug-likeness (QED) is 0.194. The molecule has 5 aliphatic carbocycles. The molecule has 49 heavy (non-hydrogen) atoms. The van der Waals surface area contributed by atoms with Crippen LogP contribution in [-0.2, 0) is 10.8 Å². The minimum Gasteiger partial charge on any atom is -0.456 e. The maximum Gasteiger partial charge on any atom is 0.167 e. The second-order valence-electron chi connectivity index (χ2n) is 15.4. The summed E-state index contributed by atoms with van der Waals surface area (Å²) >= 11 is 0. The molecule has 0 radical (unpaired) electrons. The van der Waals surface area contributed by atoms with Crippen LogP contribution in [0.15, 0.2) is 121 Å². The van der Waals surface area contributed by atoms with Crippen molar-refractivity contribution >= 4 is 0 Å². The van der Waals surface area contributed by atoms with E-state index in [1.165, 1.54) is 59.9 Å². The van der Waals surface area contributed by atoms with Crippen LogP contribution >= 0.6 is 0 Å². The van der Waals surface area contributed by atoms with Gasteiger partial charge in [0.2, 0.25) is 0 Å². The van der Waals surface area contributed by atoms with Gasteiger partial charge in [-0.25, -0.2) is 15.0 Å². The minimum atomic E-state index is -0.526. The SMILES string of the molecule is C[C@@H]1C2C[C@@H]3C[C@@H]1CC(c1nc(-c4ccccc4)nc(-c4cccc5c4Oc4ccccc4C54c5ccccc5-c5ccccc54)n1)(C2)C3. The summed E-state index contributed by atoms with van der Waals surface area (Å²) in [4.78, 5) is 16.2. The molecule has 1 aromatic heterocycles. The zero-order valence-corrected chi connectivity index (χ0v) is 27.6. The minimum absolute atomic E-state index is 0.0110. The second kappa shape index (κ2) is 9.98. The highest BCUT2D eigenvalue weighted by atomic mass is 16.5. The third kappa shape index (κ3) is 3.72. The summed E-state index contributed by atoms with van der Waals surface area (Å²) in [6.07, 6.45) is 6.30. The van der Waals surface area contributed by atoms with Crippen molar-refractivity contribution in [1.82, 2.24) is 15.0 Å². The van der Waals surface area contributed by atoms with Gasteiger partial charge in [-0.3, -0.25) is 0 Å². The average molecular weight is 636 g/mol. The summed E-state index contributed by atoms with van der Waals surface area (Å²) in [6, 6.07) is 43.4. The lowest BCUT2D eigenvalue weighted by molar-refractivity contribution is -0.0522. The third-order valence-electron chi connectivity index (χ3n) is 13.0. The fourth-order valence-electron chi connectivity index (χ4n) is 11.1. The first kappa shape index (κ1) is 27.8. The van der Waals surface area contributed by atoms with Crippen molar-refractivity contribution in [2.24, 2.45) is 23.7 Å². The van der Waals surface area contributed by atoms with Crippen molar-refractivity contribution < 1.29 is 4.74 Å². The molecule has 4 fully saturated rings. The van der Waals surface area contributed by atoms with Crippen molar-refractivity contribution in [3.05, 3.63) is 149 Å². The Hall–Kier alpha value is -5.09. The van der Waals surface area contributed by atoms with Crippen LogP contribution in [0.25, 0.3) is 33.9 Å². The molecule has 2 heterocycles. The molecule has 0 amide bonds. The van der Waals surface area contributed by atoms with Gasteiger partial charge in [-0.05, 0) is 90.2 Å². The van der Waals surface area contributed by atoms with Gasteiger partial charge >= 0.3 is 0 Å². The number of hydrogen-bond donors (Lipinski definition) is 0. The summed E-state index contributed by atoms with van der Waals surface area (Å²) < 4.78 is 7.03. The molecule has 2 unspecified atom stereocenters. The van der Waals surface area contributed by atoms with Gasteiger partial charge in [0.15, 0.2) is 11.6 Å². The van der Waals surface area contributed by atoms with E-state index in [2.05, 4.69) is 128 Å². The molecule has 4 saturated carbocycles. The molecular weight excluding hydrogens is 599 g/mol. The maximum atomic E-state index is 7.03. The van der Waals surface area contributed by atoms with Crippen LogP contribution < -0.4 is 4.74 Å². The summed E-state index contributed by atoms with van der Waals surface area (Å²) in [5.41, 5.74) is 8.85. The highest BCUT2D eigenvalue weighted by molar-refractivity contribution is 5.89. The van der Waals surface area contributed by atoms with Crippen LogP contribution in [0.4, 0.5) is 0 Å². The highest BCUT2D eigenvalue weighted by Crippen LogP contribution is 2.64. The van der Waals surface area contributed by atoms with Gasteiger partial charge in [0.05, 0.1) is 11.0 Å². The van der Waals surface area contributed by atoms with Crippen molar-refractivity contribution in [3.8, 4) is 45.4 Å². The molecule has 4 heteroatoms. The molecule has 238 valence electrons. The van der Waals surface area contributed by atoms with E-state index in [0.717, 1.165) is 63.5 Å². The Morgan fingerprint density at radius 3 is 1.88 bits per heavy atom. The maximum absolute atomic E-state index is 7.03. The first-order valence-electron chi connectivity index (χ1n) is 18.0. The molecule has 4 bridgehead atoms. The number of fused-ring (bicyclic) bond motifs is 9. The fourth-order valence-corrected chi connectivity index (χ4v) is 11.1. The molecule has 6 aromatic rings. The van der Waals surface area contributed by atoms with E-state index in [1.807, 2.05) is 0 Å². The monoisotopic (exact) mass is 635 g/mol. The lowest BCUT2D eigenvalue weighted by Crippen LogP contribution is -2.53. The summed E-state index contributed by atoms with van der Waals surface area (Å²) in [5.74, 6) is 7.26.